The van der Waals surface area contributed by atoms with E-state index in [1.807, 2.05) is 0 Å². The summed E-state index contributed by atoms with van der Waals surface area (Å²) >= 11 is 1.79. The fraction of sp³-hybridized carbons (Fsp3) is 0.714. The average molecular weight is 144 g/mol. The molecule has 2 heteroatoms. The summed E-state index contributed by atoms with van der Waals surface area (Å²) in [5.41, 5.74) is 1.38. The molecule has 0 aromatic heterocycles. The van der Waals surface area contributed by atoms with Crippen molar-refractivity contribution in [3.05, 3.63) is 10.5 Å². The van der Waals surface area contributed by atoms with E-state index in [2.05, 4.69) is 13.8 Å². The zero-order valence-corrected chi connectivity index (χ0v) is 6.66. The Labute approximate surface area is 60.2 Å². The van der Waals surface area contributed by atoms with E-state index in [0.29, 0.717) is 5.92 Å². The average Bonchev–Trinajstić information content (AvgIpc) is 2.15. The van der Waals surface area contributed by atoms with Crippen LogP contribution in [0.3, 0.4) is 0 Å². The topological polar surface area (TPSA) is 20.2 Å². The molecule has 0 radical (unpaired) electrons. The molecular formula is C7H12OS. The second kappa shape index (κ2) is 2.76. The summed E-state index contributed by atoms with van der Waals surface area (Å²) in [5, 5.41) is 8.78. The molecule has 0 aromatic carbocycles. The van der Waals surface area contributed by atoms with E-state index in [1.165, 1.54) is 10.5 Å². The van der Waals surface area contributed by atoms with Gasteiger partial charge in [-0.25, -0.2) is 0 Å². The molecule has 0 fully saturated rings. The van der Waals surface area contributed by atoms with Crippen LogP contribution in [0.5, 0.6) is 0 Å². The van der Waals surface area contributed by atoms with Crippen LogP contribution < -0.4 is 0 Å². The first-order valence-corrected chi connectivity index (χ1v) is 4.17. The quantitative estimate of drug-likeness (QED) is 0.603. The normalized spacial score (nSPS) is 27.7. The summed E-state index contributed by atoms with van der Waals surface area (Å²) in [5.74, 6) is 1.83. The molecule has 1 rings (SSSR count). The molecule has 0 bridgehead atoms. The van der Waals surface area contributed by atoms with Crippen LogP contribution in [0.4, 0.5) is 0 Å². The van der Waals surface area contributed by atoms with Crippen LogP contribution in [0.1, 0.15) is 13.8 Å². The van der Waals surface area contributed by atoms with E-state index in [0.717, 1.165) is 5.75 Å². The number of hydrogen-bond donors (Lipinski definition) is 1. The van der Waals surface area contributed by atoms with Crippen LogP contribution in [0, 0.1) is 5.92 Å². The SMILES string of the molecule is CC1=C(CO)SCC1C. The molecular weight excluding hydrogens is 132 g/mol. The van der Waals surface area contributed by atoms with Crippen LogP contribution >= 0.6 is 11.8 Å². The Balaban J connectivity index is 2.68. The summed E-state index contributed by atoms with van der Waals surface area (Å²) in [6, 6.07) is 0. The van der Waals surface area contributed by atoms with Gasteiger partial charge < -0.3 is 5.11 Å². The van der Waals surface area contributed by atoms with Gasteiger partial charge in [0.15, 0.2) is 0 Å². The minimum atomic E-state index is 0.237. The molecule has 0 spiro atoms. The Morgan fingerprint density at radius 1 is 1.78 bits per heavy atom. The fourth-order valence-corrected chi connectivity index (χ4v) is 2.13. The molecule has 0 saturated carbocycles. The summed E-state index contributed by atoms with van der Waals surface area (Å²) in [7, 11) is 0. The molecule has 1 nitrogen and oxygen atoms in total. The number of aliphatic hydroxyl groups is 1. The standard InChI is InChI=1S/C7H12OS/c1-5-4-9-7(3-8)6(5)2/h5,8H,3-4H2,1-2H3. The van der Waals surface area contributed by atoms with Gasteiger partial charge in [0.25, 0.3) is 0 Å². The van der Waals surface area contributed by atoms with Gasteiger partial charge in [-0.15, -0.1) is 11.8 Å². The summed E-state index contributed by atoms with van der Waals surface area (Å²) in [6.07, 6.45) is 0. The van der Waals surface area contributed by atoms with Crippen molar-refractivity contribution in [1.82, 2.24) is 0 Å². The van der Waals surface area contributed by atoms with Crippen LogP contribution in [0.25, 0.3) is 0 Å². The zero-order chi connectivity index (χ0) is 6.85. The molecule has 1 aliphatic rings. The number of aliphatic hydroxyl groups excluding tert-OH is 1. The molecule has 0 saturated heterocycles. The highest BCUT2D eigenvalue weighted by molar-refractivity contribution is 8.03. The van der Waals surface area contributed by atoms with Gasteiger partial charge >= 0.3 is 0 Å². The van der Waals surface area contributed by atoms with Gasteiger partial charge in [0, 0.05) is 10.7 Å². The molecule has 1 heterocycles. The monoisotopic (exact) mass is 144 g/mol. The number of thioether (sulfide) groups is 1. The zero-order valence-electron chi connectivity index (χ0n) is 5.85. The van der Waals surface area contributed by atoms with Gasteiger partial charge in [-0.05, 0) is 12.8 Å². The molecule has 1 N–H and O–H groups in total. The molecule has 0 aliphatic carbocycles. The van der Waals surface area contributed by atoms with Gasteiger partial charge in [-0.2, -0.15) is 0 Å². The van der Waals surface area contributed by atoms with E-state index < -0.39 is 0 Å². The van der Waals surface area contributed by atoms with E-state index in [4.69, 9.17) is 5.11 Å². The maximum atomic E-state index is 8.78. The Morgan fingerprint density at radius 2 is 2.44 bits per heavy atom. The predicted molar refractivity (Wildman–Crippen MR) is 41.4 cm³/mol. The lowest BCUT2D eigenvalue weighted by molar-refractivity contribution is 0.338. The molecule has 0 aromatic rings. The lowest BCUT2D eigenvalue weighted by Gasteiger charge is -1.99. The fourth-order valence-electron chi connectivity index (χ4n) is 0.910. The molecule has 1 atom stereocenters. The smallest absolute Gasteiger partial charge is 0.0740 e. The van der Waals surface area contributed by atoms with Crippen molar-refractivity contribution < 1.29 is 5.11 Å². The van der Waals surface area contributed by atoms with Gasteiger partial charge in [0.05, 0.1) is 6.61 Å². The number of allylic oxidation sites excluding steroid dienone is 1. The Hall–Kier alpha value is 0.0500. The largest absolute Gasteiger partial charge is 0.391 e. The maximum Gasteiger partial charge on any atom is 0.0740 e. The highest BCUT2D eigenvalue weighted by Gasteiger charge is 2.17. The number of hydrogen-bond acceptors (Lipinski definition) is 2. The van der Waals surface area contributed by atoms with Crippen LogP contribution in [-0.2, 0) is 0 Å². The van der Waals surface area contributed by atoms with Crippen molar-refractivity contribution in [3.63, 3.8) is 0 Å². The van der Waals surface area contributed by atoms with Crippen LogP contribution in [0.2, 0.25) is 0 Å². The van der Waals surface area contributed by atoms with Gasteiger partial charge in [0.2, 0.25) is 0 Å². The molecule has 1 aliphatic heterocycles. The summed E-state index contributed by atoms with van der Waals surface area (Å²) in [4.78, 5) is 1.18. The highest BCUT2D eigenvalue weighted by atomic mass is 32.2. The van der Waals surface area contributed by atoms with Crippen molar-refractivity contribution in [2.75, 3.05) is 12.4 Å². The first-order chi connectivity index (χ1) is 4.25. The van der Waals surface area contributed by atoms with Crippen LogP contribution in [-0.4, -0.2) is 17.5 Å². The van der Waals surface area contributed by atoms with Crippen molar-refractivity contribution >= 4 is 11.8 Å². The van der Waals surface area contributed by atoms with Crippen molar-refractivity contribution in [3.8, 4) is 0 Å². The van der Waals surface area contributed by atoms with Gasteiger partial charge in [-0.3, -0.25) is 0 Å². The van der Waals surface area contributed by atoms with E-state index in [9.17, 15) is 0 Å². The molecule has 52 valence electrons. The van der Waals surface area contributed by atoms with Crippen LogP contribution in [0.15, 0.2) is 10.5 Å². The second-order valence-corrected chi connectivity index (χ2v) is 3.59. The minimum Gasteiger partial charge on any atom is -0.391 e. The van der Waals surface area contributed by atoms with Crippen molar-refractivity contribution in [1.29, 1.82) is 0 Å². The predicted octanol–water partition coefficient (Wildman–Crippen LogP) is 1.64. The van der Waals surface area contributed by atoms with Crippen molar-refractivity contribution in [2.24, 2.45) is 5.92 Å². The Morgan fingerprint density at radius 3 is 2.67 bits per heavy atom. The summed E-state index contributed by atoms with van der Waals surface area (Å²) in [6.45, 7) is 4.54. The van der Waals surface area contributed by atoms with E-state index in [1.54, 1.807) is 11.8 Å². The van der Waals surface area contributed by atoms with E-state index >= 15 is 0 Å². The second-order valence-electron chi connectivity index (χ2n) is 2.48. The molecule has 9 heavy (non-hydrogen) atoms. The number of rotatable bonds is 1. The van der Waals surface area contributed by atoms with Crippen molar-refractivity contribution in [2.45, 2.75) is 13.8 Å². The minimum absolute atomic E-state index is 0.237. The van der Waals surface area contributed by atoms with Gasteiger partial charge in [0.1, 0.15) is 0 Å². The maximum absolute atomic E-state index is 8.78. The molecule has 1 unspecified atom stereocenters. The summed E-state index contributed by atoms with van der Waals surface area (Å²) < 4.78 is 0. The third-order valence-corrected chi connectivity index (χ3v) is 3.30. The molecule has 0 amide bonds. The van der Waals surface area contributed by atoms with E-state index in [-0.39, 0.29) is 6.61 Å². The lowest BCUT2D eigenvalue weighted by Crippen LogP contribution is -1.92. The Kier molecular flexibility index (Phi) is 2.19. The highest BCUT2D eigenvalue weighted by Crippen LogP contribution is 2.34. The Bertz CT molecular complexity index is 140. The third kappa shape index (κ3) is 1.30. The lowest BCUT2D eigenvalue weighted by atomic mass is 10.1. The first-order valence-electron chi connectivity index (χ1n) is 3.19. The van der Waals surface area contributed by atoms with Gasteiger partial charge in [-0.1, -0.05) is 12.5 Å². The third-order valence-electron chi connectivity index (χ3n) is 1.83. The first kappa shape index (κ1) is 7.16.